The minimum atomic E-state index is -3.56. The molecule has 0 aliphatic carbocycles. The average Bonchev–Trinajstić information content (AvgIpc) is 3.50. The number of nitrogens with one attached hydrogen (secondary N) is 1. The molecule has 0 saturated carbocycles. The van der Waals surface area contributed by atoms with Crippen LogP contribution in [0.3, 0.4) is 0 Å². The van der Waals surface area contributed by atoms with Gasteiger partial charge in [-0.25, -0.2) is 13.4 Å². The van der Waals surface area contributed by atoms with Gasteiger partial charge in [-0.15, -0.1) is 22.7 Å². The first kappa shape index (κ1) is 21.3. The van der Waals surface area contributed by atoms with Gasteiger partial charge in [0, 0.05) is 18.7 Å². The van der Waals surface area contributed by atoms with Crippen LogP contribution in [0.25, 0.3) is 20.8 Å². The van der Waals surface area contributed by atoms with Gasteiger partial charge >= 0.3 is 0 Å². The number of benzene rings is 2. The lowest BCUT2D eigenvalue weighted by Gasteiger charge is -2.30. The van der Waals surface area contributed by atoms with Gasteiger partial charge in [-0.05, 0) is 48.6 Å². The third-order valence-electron chi connectivity index (χ3n) is 5.55. The van der Waals surface area contributed by atoms with E-state index in [1.54, 1.807) is 28.8 Å². The largest absolute Gasteiger partial charge is 0.325 e. The van der Waals surface area contributed by atoms with E-state index in [9.17, 15) is 13.2 Å². The first-order chi connectivity index (χ1) is 15.5. The number of sulfonamides is 1. The fourth-order valence-corrected chi connectivity index (χ4v) is 7.59. The van der Waals surface area contributed by atoms with Crippen LogP contribution in [-0.4, -0.2) is 36.7 Å². The Morgan fingerprint density at radius 3 is 2.69 bits per heavy atom. The SMILES string of the molecule is O=C(Nc1ccccc1-c1nc2ccccc2s1)C1CCCN(S(=O)(=O)c2cccs2)C1. The number of thiazole rings is 1. The first-order valence-electron chi connectivity index (χ1n) is 10.3. The van der Waals surface area contributed by atoms with E-state index >= 15 is 0 Å². The highest BCUT2D eigenvalue weighted by Gasteiger charge is 2.34. The molecule has 1 aliphatic rings. The summed E-state index contributed by atoms with van der Waals surface area (Å²) in [5.74, 6) is -0.563. The van der Waals surface area contributed by atoms with Crippen molar-refractivity contribution in [2.75, 3.05) is 18.4 Å². The Hall–Kier alpha value is -2.59. The highest BCUT2D eigenvalue weighted by molar-refractivity contribution is 7.91. The minimum absolute atomic E-state index is 0.162. The maximum absolute atomic E-state index is 13.1. The van der Waals surface area contributed by atoms with Crippen LogP contribution in [0.2, 0.25) is 0 Å². The van der Waals surface area contributed by atoms with Gasteiger partial charge in [-0.2, -0.15) is 4.31 Å². The molecule has 1 N–H and O–H groups in total. The van der Waals surface area contributed by atoms with Crippen molar-refractivity contribution in [1.29, 1.82) is 0 Å². The fourth-order valence-electron chi connectivity index (χ4n) is 3.91. The van der Waals surface area contributed by atoms with Gasteiger partial charge in [0.1, 0.15) is 9.22 Å². The van der Waals surface area contributed by atoms with Crippen LogP contribution < -0.4 is 5.32 Å². The summed E-state index contributed by atoms with van der Waals surface area (Å²) in [6, 6.07) is 18.9. The Morgan fingerprint density at radius 2 is 1.88 bits per heavy atom. The molecule has 1 saturated heterocycles. The van der Waals surface area contributed by atoms with Crippen LogP contribution >= 0.6 is 22.7 Å². The number of carbonyl (C=O) groups excluding carboxylic acids is 1. The molecule has 9 heteroatoms. The number of hydrogen-bond acceptors (Lipinski definition) is 6. The number of amides is 1. The van der Waals surface area contributed by atoms with Crippen molar-refractivity contribution in [2.45, 2.75) is 17.1 Å². The Balaban J connectivity index is 1.36. The van der Waals surface area contributed by atoms with Crippen molar-refractivity contribution in [2.24, 2.45) is 5.92 Å². The molecular formula is C23H21N3O3S3. The van der Waals surface area contributed by atoms with E-state index in [4.69, 9.17) is 4.98 Å². The molecule has 6 nitrogen and oxygen atoms in total. The fraction of sp³-hybridized carbons (Fsp3) is 0.217. The van der Waals surface area contributed by atoms with Crippen LogP contribution in [0.4, 0.5) is 5.69 Å². The third kappa shape index (κ3) is 4.09. The molecule has 2 aromatic heterocycles. The monoisotopic (exact) mass is 483 g/mol. The summed E-state index contributed by atoms with van der Waals surface area (Å²) < 4.78 is 28.6. The minimum Gasteiger partial charge on any atom is -0.325 e. The number of rotatable bonds is 5. The predicted octanol–water partition coefficient (Wildman–Crippen LogP) is 5.06. The summed E-state index contributed by atoms with van der Waals surface area (Å²) >= 11 is 2.78. The standard InChI is InChI=1S/C23H21N3O3S3/c27-22(16-7-5-13-26(15-16)32(28,29)21-12-6-14-30-21)24-18-9-2-1-8-17(18)23-25-19-10-3-4-11-20(19)31-23/h1-4,6,8-12,14,16H,5,7,13,15H2,(H,24,27). The Bertz CT molecular complexity index is 1330. The number of carbonyl (C=O) groups is 1. The lowest BCUT2D eigenvalue weighted by atomic mass is 9.98. The van der Waals surface area contributed by atoms with Crippen LogP contribution in [0.15, 0.2) is 70.3 Å². The second kappa shape index (κ2) is 8.74. The van der Waals surface area contributed by atoms with Crippen LogP contribution in [0.5, 0.6) is 0 Å². The second-order valence-corrected chi connectivity index (χ2v) is 11.8. The molecule has 5 rings (SSSR count). The average molecular weight is 484 g/mol. The zero-order valence-electron chi connectivity index (χ0n) is 17.1. The van der Waals surface area contributed by atoms with Gasteiger partial charge in [0.25, 0.3) is 10.0 Å². The van der Waals surface area contributed by atoms with Crippen molar-refractivity contribution < 1.29 is 13.2 Å². The Labute approximate surface area is 194 Å². The van der Waals surface area contributed by atoms with Crippen molar-refractivity contribution in [1.82, 2.24) is 9.29 Å². The van der Waals surface area contributed by atoms with Crippen LogP contribution in [-0.2, 0) is 14.8 Å². The van der Waals surface area contributed by atoms with E-state index in [0.29, 0.717) is 29.3 Å². The molecule has 1 fully saturated rings. The molecule has 1 atom stereocenters. The normalized spacial score (nSPS) is 17.4. The van der Waals surface area contributed by atoms with Crippen LogP contribution in [0.1, 0.15) is 12.8 Å². The topological polar surface area (TPSA) is 79.4 Å². The number of anilines is 1. The maximum atomic E-state index is 13.1. The molecule has 1 unspecified atom stereocenters. The first-order valence-corrected chi connectivity index (χ1v) is 13.5. The summed E-state index contributed by atoms with van der Waals surface area (Å²) in [7, 11) is -3.56. The highest BCUT2D eigenvalue weighted by Crippen LogP contribution is 2.35. The lowest BCUT2D eigenvalue weighted by Crippen LogP contribution is -2.43. The molecule has 32 heavy (non-hydrogen) atoms. The zero-order valence-corrected chi connectivity index (χ0v) is 19.6. The molecule has 0 radical (unpaired) electrons. The van der Waals surface area contributed by atoms with E-state index in [-0.39, 0.29) is 12.5 Å². The lowest BCUT2D eigenvalue weighted by molar-refractivity contribution is -0.120. The number of fused-ring (bicyclic) bond motifs is 1. The van der Waals surface area contributed by atoms with E-state index in [1.165, 1.54) is 15.6 Å². The molecule has 1 amide bonds. The third-order valence-corrected chi connectivity index (χ3v) is 9.86. The van der Waals surface area contributed by atoms with Crippen molar-refractivity contribution in [3.63, 3.8) is 0 Å². The summed E-state index contributed by atoms with van der Waals surface area (Å²) in [5.41, 5.74) is 2.48. The summed E-state index contributed by atoms with van der Waals surface area (Å²) in [6.07, 6.45) is 1.31. The quantitative estimate of drug-likeness (QED) is 0.430. The Morgan fingerprint density at radius 1 is 1.06 bits per heavy atom. The summed E-state index contributed by atoms with van der Waals surface area (Å²) in [5, 5.41) is 5.63. The van der Waals surface area contributed by atoms with E-state index < -0.39 is 15.9 Å². The second-order valence-electron chi connectivity index (χ2n) is 7.66. The van der Waals surface area contributed by atoms with Gasteiger partial charge in [-0.1, -0.05) is 30.3 Å². The number of aromatic nitrogens is 1. The van der Waals surface area contributed by atoms with Crippen molar-refractivity contribution in [3.8, 4) is 10.6 Å². The van der Waals surface area contributed by atoms with Crippen molar-refractivity contribution >= 4 is 54.5 Å². The van der Waals surface area contributed by atoms with Gasteiger partial charge in [-0.3, -0.25) is 4.79 Å². The molecule has 3 heterocycles. The summed E-state index contributed by atoms with van der Waals surface area (Å²) in [4.78, 5) is 17.9. The van der Waals surface area contributed by atoms with E-state index in [2.05, 4.69) is 5.32 Å². The van der Waals surface area contributed by atoms with Crippen LogP contribution in [0, 0.1) is 5.92 Å². The van der Waals surface area contributed by atoms with Gasteiger partial charge in [0.2, 0.25) is 5.91 Å². The number of para-hydroxylation sites is 2. The molecule has 164 valence electrons. The number of piperidine rings is 1. The van der Waals surface area contributed by atoms with Gasteiger partial charge < -0.3 is 5.32 Å². The highest BCUT2D eigenvalue weighted by atomic mass is 32.2. The molecule has 1 aliphatic heterocycles. The van der Waals surface area contributed by atoms with Gasteiger partial charge in [0.05, 0.1) is 21.8 Å². The smallest absolute Gasteiger partial charge is 0.252 e. The zero-order chi connectivity index (χ0) is 22.1. The summed E-state index contributed by atoms with van der Waals surface area (Å²) in [6.45, 7) is 0.627. The van der Waals surface area contributed by atoms with Crippen molar-refractivity contribution in [3.05, 3.63) is 66.0 Å². The van der Waals surface area contributed by atoms with E-state index in [1.807, 2.05) is 48.5 Å². The number of hydrogen-bond donors (Lipinski definition) is 1. The van der Waals surface area contributed by atoms with Gasteiger partial charge in [0.15, 0.2) is 0 Å². The molecule has 0 spiro atoms. The predicted molar refractivity (Wildman–Crippen MR) is 129 cm³/mol. The maximum Gasteiger partial charge on any atom is 0.252 e. The number of nitrogens with zero attached hydrogens (tertiary/aromatic N) is 2. The molecular weight excluding hydrogens is 462 g/mol. The molecule has 4 aromatic rings. The van der Waals surface area contributed by atoms with E-state index in [0.717, 1.165) is 20.8 Å². The number of thiophene rings is 1. The Kier molecular flexibility index (Phi) is 5.81. The molecule has 2 aromatic carbocycles. The molecule has 0 bridgehead atoms.